The van der Waals surface area contributed by atoms with Crippen LogP contribution in [0.4, 0.5) is 10.1 Å². The van der Waals surface area contributed by atoms with Gasteiger partial charge in [-0.25, -0.2) is 4.39 Å². The van der Waals surface area contributed by atoms with Gasteiger partial charge < -0.3 is 10.1 Å². The third-order valence-corrected chi connectivity index (χ3v) is 3.76. The fourth-order valence-electron chi connectivity index (χ4n) is 2.41. The first kappa shape index (κ1) is 13.9. The molecule has 0 saturated heterocycles. The van der Waals surface area contributed by atoms with Crippen molar-refractivity contribution in [2.24, 2.45) is 0 Å². The van der Waals surface area contributed by atoms with E-state index >= 15 is 0 Å². The van der Waals surface area contributed by atoms with Gasteiger partial charge in [0.2, 0.25) is 0 Å². The summed E-state index contributed by atoms with van der Waals surface area (Å²) < 4.78 is 18.9. The first-order valence-electron chi connectivity index (χ1n) is 7.51. The van der Waals surface area contributed by atoms with Crippen LogP contribution in [0.1, 0.15) is 36.8 Å². The maximum atomic E-state index is 13.7. The lowest BCUT2D eigenvalue weighted by atomic mass is 10.1. The van der Waals surface area contributed by atoms with Crippen LogP contribution in [0.25, 0.3) is 0 Å². The van der Waals surface area contributed by atoms with E-state index in [4.69, 9.17) is 4.74 Å². The number of halogens is 1. The second-order valence-corrected chi connectivity index (χ2v) is 5.45. The van der Waals surface area contributed by atoms with Gasteiger partial charge >= 0.3 is 0 Å². The monoisotopic (exact) mass is 285 g/mol. The summed E-state index contributed by atoms with van der Waals surface area (Å²) in [5, 5.41) is 3.24. The van der Waals surface area contributed by atoms with Crippen molar-refractivity contribution < 1.29 is 9.13 Å². The number of hydrogen-bond acceptors (Lipinski definition) is 2. The molecule has 0 unspecified atom stereocenters. The summed E-state index contributed by atoms with van der Waals surface area (Å²) >= 11 is 0. The fraction of sp³-hybridized carbons (Fsp3) is 0.333. The van der Waals surface area contributed by atoms with Crippen molar-refractivity contribution in [3.05, 3.63) is 59.4 Å². The predicted molar refractivity (Wildman–Crippen MR) is 83.3 cm³/mol. The van der Waals surface area contributed by atoms with Gasteiger partial charge in [0, 0.05) is 18.3 Å². The molecule has 1 N–H and O–H groups in total. The molecule has 0 bridgehead atoms. The third-order valence-electron chi connectivity index (χ3n) is 3.76. The van der Waals surface area contributed by atoms with Crippen molar-refractivity contribution in [2.45, 2.75) is 32.2 Å². The van der Waals surface area contributed by atoms with Crippen molar-refractivity contribution in [1.29, 1.82) is 0 Å². The molecule has 21 heavy (non-hydrogen) atoms. The van der Waals surface area contributed by atoms with Crippen LogP contribution >= 0.6 is 0 Å². The van der Waals surface area contributed by atoms with Gasteiger partial charge in [0.05, 0.1) is 6.61 Å². The Labute approximate surface area is 125 Å². The Morgan fingerprint density at radius 2 is 1.90 bits per heavy atom. The second-order valence-electron chi connectivity index (χ2n) is 5.45. The van der Waals surface area contributed by atoms with Crippen LogP contribution in [0, 0.1) is 5.82 Å². The molecule has 3 heteroatoms. The van der Waals surface area contributed by atoms with Crippen molar-refractivity contribution in [3.63, 3.8) is 0 Å². The van der Waals surface area contributed by atoms with Gasteiger partial charge in [0.1, 0.15) is 0 Å². The highest BCUT2D eigenvalue weighted by molar-refractivity contribution is 5.47. The van der Waals surface area contributed by atoms with E-state index in [2.05, 4.69) is 29.6 Å². The molecule has 3 rings (SSSR count). The van der Waals surface area contributed by atoms with Crippen LogP contribution in [0.2, 0.25) is 0 Å². The molecule has 2 nitrogen and oxygen atoms in total. The average Bonchev–Trinajstić information content (AvgIpc) is 3.33. The first-order chi connectivity index (χ1) is 10.3. The van der Waals surface area contributed by atoms with Crippen LogP contribution in [0.5, 0.6) is 5.75 Å². The summed E-state index contributed by atoms with van der Waals surface area (Å²) in [5.41, 5.74) is 3.40. The lowest BCUT2D eigenvalue weighted by molar-refractivity contribution is 0.321. The quantitative estimate of drug-likeness (QED) is 0.829. The smallest absolute Gasteiger partial charge is 0.167 e. The molecule has 0 heterocycles. The van der Waals surface area contributed by atoms with E-state index in [0.29, 0.717) is 18.9 Å². The van der Waals surface area contributed by atoms with Gasteiger partial charge in [-0.15, -0.1) is 0 Å². The molecule has 2 aromatic rings. The molecule has 2 aromatic carbocycles. The minimum Gasteiger partial charge on any atom is -0.491 e. The normalized spacial score (nSPS) is 14.0. The Kier molecular flexibility index (Phi) is 4.09. The minimum atomic E-state index is -0.328. The van der Waals surface area contributed by atoms with E-state index in [1.165, 1.54) is 30.0 Å². The van der Waals surface area contributed by atoms with Crippen LogP contribution < -0.4 is 10.1 Å². The largest absolute Gasteiger partial charge is 0.491 e. The lowest BCUT2D eigenvalue weighted by Crippen LogP contribution is -2.01. The summed E-state index contributed by atoms with van der Waals surface area (Å²) in [6.07, 6.45) is 2.64. The maximum absolute atomic E-state index is 13.7. The molecular formula is C18H20FNO. The van der Waals surface area contributed by atoms with E-state index in [1.54, 1.807) is 6.07 Å². The highest BCUT2D eigenvalue weighted by atomic mass is 19.1. The van der Waals surface area contributed by atoms with Crippen molar-refractivity contribution in [2.75, 3.05) is 11.9 Å². The topological polar surface area (TPSA) is 21.3 Å². The van der Waals surface area contributed by atoms with Crippen LogP contribution in [-0.2, 0) is 6.54 Å². The Hall–Kier alpha value is -2.03. The maximum Gasteiger partial charge on any atom is 0.167 e. The summed E-state index contributed by atoms with van der Waals surface area (Å²) in [6, 6.07) is 13.7. The SMILES string of the molecule is CCOc1ccc(NCc2ccc(C3CC3)cc2)cc1F. The van der Waals surface area contributed by atoms with Crippen molar-refractivity contribution >= 4 is 5.69 Å². The molecule has 0 radical (unpaired) electrons. The van der Waals surface area contributed by atoms with E-state index in [0.717, 1.165) is 11.6 Å². The second kappa shape index (κ2) is 6.17. The lowest BCUT2D eigenvalue weighted by Gasteiger charge is -2.10. The molecule has 0 aliphatic heterocycles. The predicted octanol–water partition coefficient (Wildman–Crippen LogP) is 4.71. The zero-order valence-corrected chi connectivity index (χ0v) is 12.2. The van der Waals surface area contributed by atoms with E-state index in [9.17, 15) is 4.39 Å². The molecule has 0 amide bonds. The number of hydrogen-bond donors (Lipinski definition) is 1. The Morgan fingerprint density at radius 1 is 1.14 bits per heavy atom. The Balaban J connectivity index is 1.60. The number of rotatable bonds is 6. The molecular weight excluding hydrogens is 265 g/mol. The standard InChI is InChI=1S/C18H20FNO/c1-2-21-18-10-9-16(11-17(18)19)20-12-13-3-5-14(6-4-13)15-7-8-15/h3-6,9-11,15,20H,2,7-8,12H2,1H3. The summed E-state index contributed by atoms with van der Waals surface area (Å²) in [7, 11) is 0. The van der Waals surface area contributed by atoms with Crippen molar-refractivity contribution in [1.82, 2.24) is 0 Å². The summed E-state index contributed by atoms with van der Waals surface area (Å²) in [5.74, 6) is 0.759. The fourth-order valence-corrected chi connectivity index (χ4v) is 2.41. The number of nitrogens with one attached hydrogen (secondary N) is 1. The molecule has 110 valence electrons. The van der Waals surface area contributed by atoms with Crippen LogP contribution in [-0.4, -0.2) is 6.61 Å². The molecule has 0 spiro atoms. The van der Waals surface area contributed by atoms with Gasteiger partial charge in [0.15, 0.2) is 11.6 Å². The van der Waals surface area contributed by atoms with Gasteiger partial charge in [-0.05, 0) is 48.9 Å². The van der Waals surface area contributed by atoms with Gasteiger partial charge in [-0.3, -0.25) is 0 Å². The molecule has 1 saturated carbocycles. The molecule has 1 aliphatic rings. The number of benzene rings is 2. The van der Waals surface area contributed by atoms with Gasteiger partial charge in [-0.2, -0.15) is 0 Å². The molecule has 0 atom stereocenters. The zero-order valence-electron chi connectivity index (χ0n) is 12.2. The highest BCUT2D eigenvalue weighted by Crippen LogP contribution is 2.39. The third kappa shape index (κ3) is 3.54. The van der Waals surface area contributed by atoms with Gasteiger partial charge in [-0.1, -0.05) is 24.3 Å². The minimum absolute atomic E-state index is 0.303. The number of ether oxygens (including phenoxy) is 1. The molecule has 0 aromatic heterocycles. The highest BCUT2D eigenvalue weighted by Gasteiger charge is 2.22. The summed E-state index contributed by atoms with van der Waals surface area (Å²) in [4.78, 5) is 0. The van der Waals surface area contributed by atoms with E-state index < -0.39 is 0 Å². The molecule has 1 fully saturated rings. The van der Waals surface area contributed by atoms with Crippen LogP contribution in [0.15, 0.2) is 42.5 Å². The Bertz CT molecular complexity index is 605. The van der Waals surface area contributed by atoms with E-state index in [-0.39, 0.29) is 5.82 Å². The average molecular weight is 285 g/mol. The van der Waals surface area contributed by atoms with E-state index in [1.807, 2.05) is 13.0 Å². The first-order valence-corrected chi connectivity index (χ1v) is 7.51. The number of anilines is 1. The summed E-state index contributed by atoms with van der Waals surface area (Å²) in [6.45, 7) is 3.01. The van der Waals surface area contributed by atoms with Gasteiger partial charge in [0.25, 0.3) is 0 Å². The van der Waals surface area contributed by atoms with Crippen LogP contribution in [0.3, 0.4) is 0 Å². The van der Waals surface area contributed by atoms with Crippen molar-refractivity contribution in [3.8, 4) is 5.75 Å². The molecule has 1 aliphatic carbocycles. The zero-order chi connectivity index (χ0) is 14.7. The Morgan fingerprint density at radius 3 is 2.52 bits per heavy atom.